The van der Waals surface area contributed by atoms with Crippen molar-refractivity contribution in [1.82, 2.24) is 19.2 Å². The number of para-hydroxylation sites is 1. The average Bonchev–Trinajstić information content (AvgIpc) is 3.51. The second-order valence-electron chi connectivity index (χ2n) is 7.28. The zero-order chi connectivity index (χ0) is 21.7. The van der Waals surface area contributed by atoms with E-state index < -0.39 is 0 Å². The zero-order valence-electron chi connectivity index (χ0n) is 17.0. The fourth-order valence-electron chi connectivity index (χ4n) is 3.83. The smallest absolute Gasteiger partial charge is 0.282 e. The predicted molar refractivity (Wildman–Crippen MR) is 133 cm³/mol. The molecule has 2 aromatic heterocycles. The predicted octanol–water partition coefficient (Wildman–Crippen LogP) is 4.16. The summed E-state index contributed by atoms with van der Waals surface area (Å²) in [5.74, 6) is 2.38. The van der Waals surface area contributed by atoms with Crippen molar-refractivity contribution >= 4 is 44.8 Å². The van der Waals surface area contributed by atoms with Crippen molar-refractivity contribution in [3.63, 3.8) is 0 Å². The van der Waals surface area contributed by atoms with Crippen molar-refractivity contribution in [1.29, 1.82) is 0 Å². The first-order valence-corrected chi connectivity index (χ1v) is 10.7. The number of halogens is 2. The van der Waals surface area contributed by atoms with Crippen LogP contribution in [0.25, 0.3) is 28.9 Å². The van der Waals surface area contributed by atoms with Gasteiger partial charge in [-0.2, -0.15) is 0 Å². The lowest BCUT2D eigenvalue weighted by atomic mass is 10.2. The SMILES string of the molecule is Br.O=c1/c(=C\c2ccc3c(c2)OCO3)n2c(-c3ccc(Br)cc3)nnc2n1-c1ccccc1. The van der Waals surface area contributed by atoms with Gasteiger partial charge in [0.2, 0.25) is 12.6 Å². The minimum Gasteiger partial charge on any atom is -0.454 e. The third-order valence-corrected chi connectivity index (χ3v) is 5.85. The van der Waals surface area contributed by atoms with Gasteiger partial charge in [0.1, 0.15) is 5.35 Å². The Morgan fingerprint density at radius 2 is 1.67 bits per heavy atom. The van der Waals surface area contributed by atoms with Crippen molar-refractivity contribution in [2.45, 2.75) is 0 Å². The van der Waals surface area contributed by atoms with E-state index >= 15 is 0 Å². The maximum atomic E-state index is 13.6. The average molecular weight is 568 g/mol. The fraction of sp³-hybridized carbons (Fsp3) is 0.0417. The third kappa shape index (κ3) is 3.63. The van der Waals surface area contributed by atoms with Crippen molar-refractivity contribution in [3.8, 4) is 28.6 Å². The first-order chi connectivity index (χ1) is 15.7. The molecule has 0 unspecified atom stereocenters. The van der Waals surface area contributed by atoms with Gasteiger partial charge in [0.15, 0.2) is 17.3 Å². The molecule has 0 N–H and O–H groups in total. The van der Waals surface area contributed by atoms with Gasteiger partial charge in [-0.25, -0.2) is 4.57 Å². The van der Waals surface area contributed by atoms with Crippen molar-refractivity contribution in [2.75, 3.05) is 6.79 Å². The number of fused-ring (bicyclic) bond motifs is 2. The largest absolute Gasteiger partial charge is 0.454 e. The molecule has 9 heteroatoms. The van der Waals surface area contributed by atoms with Crippen LogP contribution in [0.5, 0.6) is 11.5 Å². The second-order valence-corrected chi connectivity index (χ2v) is 8.20. The van der Waals surface area contributed by atoms with Gasteiger partial charge in [0, 0.05) is 10.0 Å². The highest BCUT2D eigenvalue weighted by Crippen LogP contribution is 2.32. The molecule has 0 spiro atoms. The lowest BCUT2D eigenvalue weighted by Gasteiger charge is -2.00. The standard InChI is InChI=1S/C24H15BrN4O3.BrH/c25-17-9-7-16(8-10-17)22-26-27-24-28(18-4-2-1-3-5-18)23(30)19(29(22)24)12-15-6-11-20-21(13-15)32-14-31-20;/h1-13H,14H2;1H/b19-12+;. The number of aromatic nitrogens is 4. The number of hydrogen-bond acceptors (Lipinski definition) is 5. The highest BCUT2D eigenvalue weighted by Gasteiger charge is 2.20. The normalized spacial score (nSPS) is 12.8. The molecule has 7 nitrogen and oxygen atoms in total. The van der Waals surface area contributed by atoms with Crippen LogP contribution in [0, 0.1) is 0 Å². The molecule has 0 bridgehead atoms. The van der Waals surface area contributed by atoms with E-state index in [9.17, 15) is 4.79 Å². The summed E-state index contributed by atoms with van der Waals surface area (Å²) in [7, 11) is 0. The molecule has 6 rings (SSSR count). The molecule has 3 aromatic carbocycles. The Morgan fingerprint density at radius 1 is 0.909 bits per heavy atom. The number of nitrogens with zero attached hydrogens (tertiary/aromatic N) is 4. The summed E-state index contributed by atoms with van der Waals surface area (Å²) in [6.07, 6.45) is 1.82. The van der Waals surface area contributed by atoms with Crippen molar-refractivity contribution in [2.24, 2.45) is 0 Å². The van der Waals surface area contributed by atoms with E-state index in [1.807, 2.05) is 78.9 Å². The fourth-order valence-corrected chi connectivity index (χ4v) is 4.09. The Hall–Kier alpha value is -3.43. The minimum absolute atomic E-state index is 0. The quantitative estimate of drug-likeness (QED) is 0.327. The lowest BCUT2D eigenvalue weighted by molar-refractivity contribution is 0.174. The van der Waals surface area contributed by atoms with Crippen LogP contribution >= 0.6 is 32.9 Å². The van der Waals surface area contributed by atoms with E-state index in [1.165, 1.54) is 0 Å². The van der Waals surface area contributed by atoms with E-state index in [1.54, 1.807) is 8.97 Å². The van der Waals surface area contributed by atoms with E-state index in [-0.39, 0.29) is 29.3 Å². The maximum Gasteiger partial charge on any atom is 0.282 e. The molecule has 3 heterocycles. The molecule has 33 heavy (non-hydrogen) atoms. The molecule has 0 aliphatic carbocycles. The van der Waals surface area contributed by atoms with Crippen LogP contribution < -0.4 is 20.4 Å². The van der Waals surface area contributed by atoms with Crippen LogP contribution in [0.4, 0.5) is 0 Å². The van der Waals surface area contributed by atoms with Crippen LogP contribution in [0.2, 0.25) is 0 Å². The molecule has 1 aliphatic heterocycles. The molecule has 0 saturated carbocycles. The van der Waals surface area contributed by atoms with Crippen LogP contribution in [-0.4, -0.2) is 26.0 Å². The Kier molecular flexibility index (Phi) is 5.51. The van der Waals surface area contributed by atoms with Crippen molar-refractivity contribution in [3.05, 3.63) is 98.5 Å². The maximum absolute atomic E-state index is 13.6. The molecule has 5 aromatic rings. The van der Waals surface area contributed by atoms with Gasteiger partial charge in [-0.3, -0.25) is 9.20 Å². The van der Waals surface area contributed by atoms with Crippen LogP contribution in [0.1, 0.15) is 5.56 Å². The number of hydrogen-bond donors (Lipinski definition) is 0. The third-order valence-electron chi connectivity index (χ3n) is 5.33. The summed E-state index contributed by atoms with van der Waals surface area (Å²) in [5, 5.41) is 9.24. The molecular formula is C24H16Br2N4O3. The monoisotopic (exact) mass is 566 g/mol. The Morgan fingerprint density at radius 3 is 2.45 bits per heavy atom. The topological polar surface area (TPSA) is 70.7 Å². The number of ether oxygens (including phenoxy) is 2. The van der Waals surface area contributed by atoms with Crippen LogP contribution in [-0.2, 0) is 0 Å². The minimum atomic E-state index is -0.183. The van der Waals surface area contributed by atoms with E-state index in [0.29, 0.717) is 28.5 Å². The van der Waals surface area contributed by atoms with Crippen LogP contribution in [0.15, 0.2) is 82.1 Å². The Bertz CT molecular complexity index is 1580. The summed E-state index contributed by atoms with van der Waals surface area (Å²) < 4.78 is 15.2. The van der Waals surface area contributed by atoms with E-state index in [4.69, 9.17) is 9.47 Å². The first-order valence-electron chi connectivity index (χ1n) is 9.91. The molecule has 0 fully saturated rings. The zero-order valence-corrected chi connectivity index (χ0v) is 20.3. The first kappa shape index (κ1) is 21.4. The molecule has 0 radical (unpaired) electrons. The highest BCUT2D eigenvalue weighted by atomic mass is 79.9. The van der Waals surface area contributed by atoms with Crippen LogP contribution in [0.3, 0.4) is 0 Å². The number of rotatable bonds is 3. The van der Waals surface area contributed by atoms with Gasteiger partial charge in [-0.05, 0) is 48.0 Å². The number of benzene rings is 3. The van der Waals surface area contributed by atoms with Gasteiger partial charge in [0.25, 0.3) is 5.56 Å². The molecule has 164 valence electrons. The highest BCUT2D eigenvalue weighted by molar-refractivity contribution is 9.10. The summed E-state index contributed by atoms with van der Waals surface area (Å²) in [6.45, 7) is 0.194. The van der Waals surface area contributed by atoms with Crippen molar-refractivity contribution < 1.29 is 9.47 Å². The molecule has 0 atom stereocenters. The summed E-state index contributed by atoms with van der Waals surface area (Å²) >= 11 is 3.46. The Labute approximate surface area is 206 Å². The molecule has 0 saturated heterocycles. The summed E-state index contributed by atoms with van der Waals surface area (Å²) in [6, 6.07) is 22.8. The Balaban J connectivity index is 0.00000228. The van der Waals surface area contributed by atoms with E-state index in [2.05, 4.69) is 26.1 Å². The molecule has 0 amide bonds. The number of imidazole rings is 1. The summed E-state index contributed by atoms with van der Waals surface area (Å²) in [4.78, 5) is 13.6. The van der Waals surface area contributed by atoms with Gasteiger partial charge in [-0.1, -0.05) is 52.3 Å². The molecule has 1 aliphatic rings. The van der Waals surface area contributed by atoms with Gasteiger partial charge in [-0.15, -0.1) is 27.2 Å². The lowest BCUT2D eigenvalue weighted by Crippen LogP contribution is -2.30. The van der Waals surface area contributed by atoms with Gasteiger partial charge >= 0.3 is 0 Å². The molecular weight excluding hydrogens is 552 g/mol. The van der Waals surface area contributed by atoms with Gasteiger partial charge < -0.3 is 9.47 Å². The summed E-state index contributed by atoms with van der Waals surface area (Å²) in [5.41, 5.74) is 2.21. The van der Waals surface area contributed by atoms with Gasteiger partial charge in [0.05, 0.1) is 5.69 Å². The van der Waals surface area contributed by atoms with E-state index in [0.717, 1.165) is 21.3 Å². The second kappa shape index (κ2) is 8.49.